The number of rotatable bonds is 8. The van der Waals surface area contributed by atoms with Gasteiger partial charge in [-0.1, -0.05) is 13.0 Å². The average Bonchev–Trinajstić information content (AvgIpc) is 3.23. The Morgan fingerprint density at radius 1 is 1.28 bits per heavy atom. The van der Waals surface area contributed by atoms with Gasteiger partial charge in [0, 0.05) is 18.3 Å². The summed E-state index contributed by atoms with van der Waals surface area (Å²) in [6.07, 6.45) is 4.90. The summed E-state index contributed by atoms with van der Waals surface area (Å²) in [6, 6.07) is 6.64. The molecule has 29 heavy (non-hydrogen) atoms. The molecular weight excluding hydrogens is 374 g/mol. The van der Waals surface area contributed by atoms with Crippen LogP contribution < -0.4 is 21.7 Å². The molecule has 0 bridgehead atoms. The number of hydrogen-bond donors (Lipinski definition) is 3. The van der Waals surface area contributed by atoms with Crippen molar-refractivity contribution in [3.8, 4) is 11.5 Å². The van der Waals surface area contributed by atoms with Gasteiger partial charge in [0.05, 0.1) is 12.4 Å². The standard InChI is InChI=1S/C19H21N7O3/c1-3-13(16(20)27)26(2)14-10-23-15(17(21)28)18(25-14)24-12-6-4-5-11(9-12)19-22-7-8-29-19/h4-10,13H,3H2,1-2H3,(H2,20,27)(H2,21,28)(H,24,25). The summed E-state index contributed by atoms with van der Waals surface area (Å²) in [7, 11) is 1.68. The molecule has 1 atom stereocenters. The lowest BCUT2D eigenvalue weighted by Crippen LogP contribution is -2.42. The number of anilines is 3. The fourth-order valence-electron chi connectivity index (χ4n) is 2.88. The predicted octanol–water partition coefficient (Wildman–Crippen LogP) is 1.67. The van der Waals surface area contributed by atoms with Gasteiger partial charge >= 0.3 is 0 Å². The summed E-state index contributed by atoms with van der Waals surface area (Å²) in [6.45, 7) is 1.84. The highest BCUT2D eigenvalue weighted by Crippen LogP contribution is 2.25. The van der Waals surface area contributed by atoms with Crippen LogP contribution in [0.3, 0.4) is 0 Å². The molecule has 0 aliphatic heterocycles. The smallest absolute Gasteiger partial charge is 0.271 e. The summed E-state index contributed by atoms with van der Waals surface area (Å²) in [4.78, 5) is 37.8. The van der Waals surface area contributed by atoms with Crippen LogP contribution in [0.25, 0.3) is 11.5 Å². The molecule has 0 radical (unpaired) electrons. The highest BCUT2D eigenvalue weighted by atomic mass is 16.3. The quantitative estimate of drug-likeness (QED) is 0.520. The Morgan fingerprint density at radius 3 is 2.69 bits per heavy atom. The molecule has 10 nitrogen and oxygen atoms in total. The molecule has 0 spiro atoms. The molecule has 0 fully saturated rings. The third-order valence-electron chi connectivity index (χ3n) is 4.34. The maximum absolute atomic E-state index is 11.8. The van der Waals surface area contributed by atoms with E-state index in [-0.39, 0.29) is 11.5 Å². The van der Waals surface area contributed by atoms with E-state index < -0.39 is 17.9 Å². The van der Waals surface area contributed by atoms with Gasteiger partial charge in [-0.25, -0.2) is 15.0 Å². The minimum atomic E-state index is -0.736. The molecule has 5 N–H and O–H groups in total. The van der Waals surface area contributed by atoms with Crippen LogP contribution in [-0.4, -0.2) is 39.9 Å². The third-order valence-corrected chi connectivity index (χ3v) is 4.34. The maximum atomic E-state index is 11.8. The van der Waals surface area contributed by atoms with E-state index in [1.807, 2.05) is 13.0 Å². The minimum Gasteiger partial charge on any atom is -0.445 e. The van der Waals surface area contributed by atoms with Gasteiger partial charge in [-0.15, -0.1) is 0 Å². The van der Waals surface area contributed by atoms with Gasteiger partial charge in [-0.3, -0.25) is 9.59 Å². The topological polar surface area (TPSA) is 153 Å². The second-order valence-corrected chi connectivity index (χ2v) is 6.27. The van der Waals surface area contributed by atoms with Gasteiger partial charge in [-0.2, -0.15) is 0 Å². The molecule has 2 amide bonds. The second-order valence-electron chi connectivity index (χ2n) is 6.27. The van der Waals surface area contributed by atoms with Crippen LogP contribution >= 0.6 is 0 Å². The number of carbonyl (C=O) groups is 2. The van der Waals surface area contributed by atoms with E-state index in [4.69, 9.17) is 15.9 Å². The summed E-state index contributed by atoms with van der Waals surface area (Å²) < 4.78 is 5.31. The Kier molecular flexibility index (Phi) is 5.72. The zero-order valence-corrected chi connectivity index (χ0v) is 16.0. The van der Waals surface area contributed by atoms with Gasteiger partial charge in [0.25, 0.3) is 5.91 Å². The number of carbonyl (C=O) groups excluding carboxylic acids is 2. The molecule has 0 aliphatic carbocycles. The first-order valence-corrected chi connectivity index (χ1v) is 8.86. The normalized spacial score (nSPS) is 11.7. The van der Waals surface area contributed by atoms with Crippen molar-refractivity contribution in [2.45, 2.75) is 19.4 Å². The number of nitrogens with two attached hydrogens (primary N) is 2. The Bertz CT molecular complexity index is 1020. The molecule has 1 aromatic carbocycles. The zero-order valence-electron chi connectivity index (χ0n) is 16.0. The summed E-state index contributed by atoms with van der Waals surface area (Å²) in [5.74, 6) is -0.239. The van der Waals surface area contributed by atoms with Crippen LogP contribution in [0.4, 0.5) is 17.3 Å². The van der Waals surface area contributed by atoms with Gasteiger partial charge in [0.2, 0.25) is 11.8 Å². The molecule has 1 unspecified atom stereocenters. The maximum Gasteiger partial charge on any atom is 0.271 e. The number of likely N-dealkylation sites (N-methyl/N-ethyl adjacent to an activating group) is 1. The Labute approximate surface area is 167 Å². The predicted molar refractivity (Wildman–Crippen MR) is 107 cm³/mol. The number of nitrogens with zero attached hydrogens (tertiary/aromatic N) is 4. The van der Waals surface area contributed by atoms with Crippen LogP contribution in [0.15, 0.2) is 47.3 Å². The largest absolute Gasteiger partial charge is 0.445 e. The number of aromatic nitrogens is 3. The van der Waals surface area contributed by atoms with Crippen molar-refractivity contribution in [3.05, 3.63) is 48.6 Å². The third kappa shape index (κ3) is 4.32. The van der Waals surface area contributed by atoms with E-state index in [9.17, 15) is 9.59 Å². The molecule has 10 heteroatoms. The fourth-order valence-corrected chi connectivity index (χ4v) is 2.88. The molecule has 0 saturated carbocycles. The summed E-state index contributed by atoms with van der Waals surface area (Å²) in [5.41, 5.74) is 12.2. The fraction of sp³-hybridized carbons (Fsp3) is 0.211. The highest BCUT2D eigenvalue weighted by molar-refractivity contribution is 5.96. The van der Waals surface area contributed by atoms with Crippen molar-refractivity contribution in [1.29, 1.82) is 0 Å². The second kappa shape index (κ2) is 8.38. The molecule has 0 aliphatic rings. The van der Waals surface area contributed by atoms with Crippen molar-refractivity contribution in [2.75, 3.05) is 17.3 Å². The zero-order chi connectivity index (χ0) is 21.0. The first-order chi connectivity index (χ1) is 13.9. The number of primary amides is 2. The van der Waals surface area contributed by atoms with E-state index >= 15 is 0 Å². The van der Waals surface area contributed by atoms with Crippen LogP contribution in [-0.2, 0) is 4.79 Å². The lowest BCUT2D eigenvalue weighted by Gasteiger charge is -2.26. The lowest BCUT2D eigenvalue weighted by atomic mass is 10.2. The van der Waals surface area contributed by atoms with Crippen LogP contribution in [0.1, 0.15) is 23.8 Å². The van der Waals surface area contributed by atoms with E-state index in [0.29, 0.717) is 23.8 Å². The molecule has 2 heterocycles. The molecule has 0 saturated heterocycles. The summed E-state index contributed by atoms with van der Waals surface area (Å²) >= 11 is 0. The van der Waals surface area contributed by atoms with Crippen LogP contribution in [0, 0.1) is 0 Å². The Hall–Kier alpha value is -3.95. The number of amides is 2. The van der Waals surface area contributed by atoms with Gasteiger partial charge in [-0.05, 0) is 24.6 Å². The molecule has 2 aromatic heterocycles. The number of benzene rings is 1. The average molecular weight is 395 g/mol. The van der Waals surface area contributed by atoms with Gasteiger partial charge < -0.3 is 26.1 Å². The summed E-state index contributed by atoms with van der Waals surface area (Å²) in [5, 5.41) is 3.05. The first-order valence-electron chi connectivity index (χ1n) is 8.86. The molecule has 150 valence electrons. The van der Waals surface area contributed by atoms with Crippen molar-refractivity contribution in [2.24, 2.45) is 11.5 Å². The Balaban J connectivity index is 1.96. The van der Waals surface area contributed by atoms with Gasteiger partial charge in [0.15, 0.2) is 11.5 Å². The van der Waals surface area contributed by atoms with Crippen LogP contribution in [0.5, 0.6) is 0 Å². The van der Waals surface area contributed by atoms with E-state index in [2.05, 4.69) is 20.3 Å². The lowest BCUT2D eigenvalue weighted by molar-refractivity contribution is -0.119. The SMILES string of the molecule is CCC(C(N)=O)N(C)c1cnc(C(N)=O)c(Nc2cccc(-c3ncco3)c2)n1. The van der Waals surface area contributed by atoms with Crippen molar-refractivity contribution < 1.29 is 14.0 Å². The molecule has 3 aromatic rings. The van der Waals surface area contributed by atoms with Crippen molar-refractivity contribution >= 4 is 29.1 Å². The number of oxazole rings is 1. The van der Waals surface area contributed by atoms with Crippen molar-refractivity contribution in [3.63, 3.8) is 0 Å². The molecular formula is C19H21N7O3. The number of hydrogen-bond acceptors (Lipinski definition) is 8. The first kappa shape index (κ1) is 19.8. The highest BCUT2D eigenvalue weighted by Gasteiger charge is 2.22. The van der Waals surface area contributed by atoms with Gasteiger partial charge in [0.1, 0.15) is 18.1 Å². The number of nitrogens with one attached hydrogen (secondary N) is 1. The van der Waals surface area contributed by atoms with E-state index in [0.717, 1.165) is 5.56 Å². The van der Waals surface area contributed by atoms with E-state index in [1.165, 1.54) is 12.5 Å². The van der Waals surface area contributed by atoms with E-state index in [1.54, 1.807) is 36.3 Å². The molecule has 3 rings (SSSR count). The van der Waals surface area contributed by atoms with Crippen molar-refractivity contribution in [1.82, 2.24) is 15.0 Å². The van der Waals surface area contributed by atoms with Crippen LogP contribution in [0.2, 0.25) is 0 Å². The Morgan fingerprint density at radius 2 is 2.07 bits per heavy atom. The minimum absolute atomic E-state index is 0.0317. The monoisotopic (exact) mass is 395 g/mol.